The van der Waals surface area contributed by atoms with Gasteiger partial charge in [0.2, 0.25) is 0 Å². The number of rotatable bonds is 4. The highest BCUT2D eigenvalue weighted by Crippen LogP contribution is 2.24. The van der Waals surface area contributed by atoms with E-state index in [1.807, 2.05) is 0 Å². The van der Waals surface area contributed by atoms with Gasteiger partial charge in [0.05, 0.1) is 5.92 Å². The summed E-state index contributed by atoms with van der Waals surface area (Å²) in [5.41, 5.74) is -5.59. The second-order valence-electron chi connectivity index (χ2n) is 4.42. The molecule has 10 heteroatoms. The van der Waals surface area contributed by atoms with Crippen molar-refractivity contribution in [2.45, 2.75) is 37.6 Å². The molecular weight excluding hydrogens is 303 g/mol. The third-order valence-electron chi connectivity index (χ3n) is 2.84. The number of hydrogen-bond acceptors (Lipinski definition) is 5. The van der Waals surface area contributed by atoms with E-state index >= 15 is 0 Å². The second kappa shape index (κ2) is 6.42. The molecule has 0 bridgehead atoms. The van der Waals surface area contributed by atoms with Crippen LogP contribution in [0.3, 0.4) is 0 Å². The molecule has 20 heavy (non-hydrogen) atoms. The van der Waals surface area contributed by atoms with Gasteiger partial charge >= 0.3 is 21.5 Å². The molecule has 116 valence electrons. The number of ether oxygens (including phenoxy) is 1. The lowest BCUT2D eigenvalue weighted by Gasteiger charge is -2.19. The highest BCUT2D eigenvalue weighted by atomic mass is 32.2. The number of hydrogen-bond donors (Lipinski definition) is 1. The van der Waals surface area contributed by atoms with Crippen LogP contribution in [0.15, 0.2) is 0 Å². The molecule has 0 aliphatic heterocycles. The maximum absolute atomic E-state index is 12.0. The standard InChI is InChI=1S/C10H14F3NO5S/c11-10(12,13)20(17,18)14-8(15)6-19-9(16)7-4-2-1-3-5-7/h7H,1-6H2,(H,14,15). The third kappa shape index (κ3) is 4.66. The number of sulfonamides is 1. The summed E-state index contributed by atoms with van der Waals surface area (Å²) in [7, 11) is -5.76. The zero-order valence-corrected chi connectivity index (χ0v) is 11.2. The van der Waals surface area contributed by atoms with Gasteiger partial charge in [-0.1, -0.05) is 19.3 Å². The highest BCUT2D eigenvalue weighted by Gasteiger charge is 2.47. The van der Waals surface area contributed by atoms with Crippen LogP contribution in [0.4, 0.5) is 13.2 Å². The van der Waals surface area contributed by atoms with E-state index in [-0.39, 0.29) is 5.92 Å². The van der Waals surface area contributed by atoms with Gasteiger partial charge in [-0.15, -0.1) is 0 Å². The van der Waals surface area contributed by atoms with Gasteiger partial charge in [0.15, 0.2) is 6.61 Å². The molecule has 6 nitrogen and oxygen atoms in total. The predicted octanol–water partition coefficient (Wildman–Crippen LogP) is 1.08. The third-order valence-corrected chi connectivity index (χ3v) is 3.94. The number of carbonyl (C=O) groups is 2. The Labute approximate surface area is 113 Å². The maximum atomic E-state index is 12.0. The van der Waals surface area contributed by atoms with Crippen molar-refractivity contribution in [3.63, 3.8) is 0 Å². The molecular formula is C10H14F3NO5S. The van der Waals surface area contributed by atoms with Crippen molar-refractivity contribution in [1.29, 1.82) is 0 Å². The van der Waals surface area contributed by atoms with Crippen LogP contribution in [0.2, 0.25) is 0 Å². The number of amides is 1. The average molecular weight is 317 g/mol. The van der Waals surface area contributed by atoms with Gasteiger partial charge in [-0.2, -0.15) is 21.6 Å². The van der Waals surface area contributed by atoms with E-state index in [1.165, 1.54) is 0 Å². The molecule has 0 saturated heterocycles. The Bertz CT molecular complexity index is 468. The minimum Gasteiger partial charge on any atom is -0.455 e. The molecule has 0 unspecified atom stereocenters. The van der Waals surface area contributed by atoms with Gasteiger partial charge in [-0.25, -0.2) is 4.72 Å². The first kappa shape index (κ1) is 16.7. The largest absolute Gasteiger partial charge is 0.516 e. The quantitative estimate of drug-likeness (QED) is 0.784. The summed E-state index contributed by atoms with van der Waals surface area (Å²) in [4.78, 5) is 22.5. The van der Waals surface area contributed by atoms with Crippen molar-refractivity contribution in [2.24, 2.45) is 5.92 Å². The number of halogens is 3. The van der Waals surface area contributed by atoms with Gasteiger partial charge in [0.1, 0.15) is 0 Å². The van der Waals surface area contributed by atoms with Crippen LogP contribution >= 0.6 is 0 Å². The Hall–Kier alpha value is -1.32. The van der Waals surface area contributed by atoms with Crippen LogP contribution in [0.1, 0.15) is 32.1 Å². The van der Waals surface area contributed by atoms with Gasteiger partial charge in [-0.3, -0.25) is 9.59 Å². The molecule has 1 saturated carbocycles. The molecule has 1 aliphatic carbocycles. The molecule has 1 fully saturated rings. The molecule has 0 aromatic carbocycles. The molecule has 0 aromatic heterocycles. The first-order chi connectivity index (χ1) is 9.13. The molecule has 0 spiro atoms. The van der Waals surface area contributed by atoms with Crippen molar-refractivity contribution < 1.29 is 35.9 Å². The minimum absolute atomic E-state index is 0.379. The fourth-order valence-electron chi connectivity index (χ4n) is 1.83. The number of alkyl halides is 3. The van der Waals surface area contributed by atoms with E-state index in [0.29, 0.717) is 12.8 Å². The van der Waals surface area contributed by atoms with Gasteiger partial charge < -0.3 is 4.74 Å². The molecule has 0 heterocycles. The fourth-order valence-corrected chi connectivity index (χ4v) is 2.30. The van der Waals surface area contributed by atoms with Crippen molar-refractivity contribution >= 4 is 21.9 Å². The zero-order valence-electron chi connectivity index (χ0n) is 10.4. The summed E-state index contributed by atoms with van der Waals surface area (Å²) in [6.07, 6.45) is 3.87. The van der Waals surface area contributed by atoms with Crippen molar-refractivity contribution in [3.05, 3.63) is 0 Å². The van der Waals surface area contributed by atoms with E-state index in [9.17, 15) is 31.2 Å². The van der Waals surface area contributed by atoms with E-state index < -0.39 is 34.0 Å². The Kier molecular flexibility index (Phi) is 5.37. The van der Waals surface area contributed by atoms with E-state index in [0.717, 1.165) is 24.0 Å². The van der Waals surface area contributed by atoms with E-state index in [1.54, 1.807) is 0 Å². The first-order valence-electron chi connectivity index (χ1n) is 5.92. The summed E-state index contributed by atoms with van der Waals surface area (Å²) in [5.74, 6) is -2.61. The van der Waals surface area contributed by atoms with Crippen LogP contribution in [-0.2, 0) is 24.3 Å². The van der Waals surface area contributed by atoms with Crippen LogP contribution in [0.25, 0.3) is 0 Å². The number of carbonyl (C=O) groups excluding carboxylic acids is 2. The van der Waals surface area contributed by atoms with E-state index in [4.69, 9.17) is 0 Å². The van der Waals surface area contributed by atoms with Gasteiger partial charge in [0.25, 0.3) is 5.91 Å². The molecule has 1 amide bonds. The van der Waals surface area contributed by atoms with E-state index in [2.05, 4.69) is 4.74 Å². The smallest absolute Gasteiger partial charge is 0.455 e. The Morgan fingerprint density at radius 1 is 1.15 bits per heavy atom. The lowest BCUT2D eigenvalue weighted by molar-refractivity contribution is -0.153. The fraction of sp³-hybridized carbons (Fsp3) is 0.800. The topological polar surface area (TPSA) is 89.5 Å². The SMILES string of the molecule is O=C(COC(=O)C1CCCCC1)NS(=O)(=O)C(F)(F)F. The monoisotopic (exact) mass is 317 g/mol. The molecule has 0 radical (unpaired) electrons. The van der Waals surface area contributed by atoms with Crippen molar-refractivity contribution in [3.8, 4) is 0 Å². The normalized spacial score (nSPS) is 17.6. The Morgan fingerprint density at radius 2 is 1.70 bits per heavy atom. The lowest BCUT2D eigenvalue weighted by Crippen LogP contribution is -2.42. The summed E-state index contributed by atoms with van der Waals surface area (Å²) in [6, 6.07) is 0. The predicted molar refractivity (Wildman–Crippen MR) is 60.7 cm³/mol. The average Bonchev–Trinajstić information content (AvgIpc) is 2.35. The first-order valence-corrected chi connectivity index (χ1v) is 7.40. The van der Waals surface area contributed by atoms with Crippen LogP contribution in [0.5, 0.6) is 0 Å². The summed E-state index contributed by atoms with van der Waals surface area (Å²) in [5, 5.41) is 0. The van der Waals surface area contributed by atoms with Gasteiger partial charge in [0, 0.05) is 0 Å². The second-order valence-corrected chi connectivity index (χ2v) is 6.09. The Morgan fingerprint density at radius 3 is 2.20 bits per heavy atom. The Balaban J connectivity index is 2.42. The molecule has 1 rings (SSSR count). The van der Waals surface area contributed by atoms with Crippen LogP contribution in [-0.4, -0.2) is 32.4 Å². The highest BCUT2D eigenvalue weighted by molar-refractivity contribution is 7.90. The number of nitrogens with one attached hydrogen (secondary N) is 1. The summed E-state index contributed by atoms with van der Waals surface area (Å²) >= 11 is 0. The van der Waals surface area contributed by atoms with Crippen LogP contribution < -0.4 is 4.72 Å². The van der Waals surface area contributed by atoms with Crippen molar-refractivity contribution in [1.82, 2.24) is 4.72 Å². The zero-order chi connectivity index (χ0) is 15.4. The molecule has 0 aromatic rings. The van der Waals surface area contributed by atoms with Crippen LogP contribution in [0, 0.1) is 5.92 Å². The summed E-state index contributed by atoms with van der Waals surface area (Å²) in [6.45, 7) is -1.05. The summed E-state index contributed by atoms with van der Waals surface area (Å²) < 4.78 is 62.4. The lowest BCUT2D eigenvalue weighted by atomic mass is 9.89. The number of esters is 1. The molecule has 1 aliphatic rings. The minimum atomic E-state index is -5.76. The maximum Gasteiger partial charge on any atom is 0.516 e. The van der Waals surface area contributed by atoms with Gasteiger partial charge in [-0.05, 0) is 12.8 Å². The molecule has 1 N–H and O–H groups in total. The van der Waals surface area contributed by atoms with Crippen molar-refractivity contribution in [2.75, 3.05) is 6.61 Å². The molecule has 0 atom stereocenters.